The van der Waals surface area contributed by atoms with Crippen LogP contribution in [0.3, 0.4) is 0 Å². The van der Waals surface area contributed by atoms with Gasteiger partial charge in [-0.05, 0) is 31.0 Å². The van der Waals surface area contributed by atoms with Crippen molar-refractivity contribution in [1.29, 1.82) is 5.26 Å². The molecular weight excluding hydrogens is 444 g/mol. The molecule has 0 saturated carbocycles. The van der Waals surface area contributed by atoms with E-state index >= 15 is 0 Å². The third kappa shape index (κ3) is 3.28. The third-order valence-electron chi connectivity index (χ3n) is 6.50. The number of benzene rings is 1. The molecule has 1 aliphatic rings. The number of rotatable bonds is 5. The quantitative estimate of drug-likeness (QED) is 0.423. The molecule has 1 aromatic carbocycles. The summed E-state index contributed by atoms with van der Waals surface area (Å²) in [5.41, 5.74) is 2.96. The van der Waals surface area contributed by atoms with Crippen molar-refractivity contribution in [3.05, 3.63) is 82.4 Å². The molecule has 4 aromatic heterocycles. The molecule has 6 rings (SSSR count). The van der Waals surface area contributed by atoms with E-state index in [-0.39, 0.29) is 11.6 Å². The van der Waals surface area contributed by atoms with Gasteiger partial charge in [-0.15, -0.1) is 0 Å². The Balaban J connectivity index is 1.59. The van der Waals surface area contributed by atoms with Crippen molar-refractivity contribution < 1.29 is 4.74 Å². The maximum absolute atomic E-state index is 13.9. The molecule has 5 aromatic rings. The van der Waals surface area contributed by atoms with E-state index in [1.807, 2.05) is 36.4 Å². The Labute approximate surface area is 200 Å². The zero-order chi connectivity index (χ0) is 23.9. The molecule has 1 N–H and O–H groups in total. The van der Waals surface area contributed by atoms with Crippen molar-refractivity contribution in [2.45, 2.75) is 25.5 Å². The molecule has 0 amide bonds. The van der Waals surface area contributed by atoms with Gasteiger partial charge in [0.2, 0.25) is 0 Å². The summed E-state index contributed by atoms with van der Waals surface area (Å²) in [6.45, 7) is 1.04. The second-order valence-electron chi connectivity index (χ2n) is 8.49. The van der Waals surface area contributed by atoms with Crippen molar-refractivity contribution in [2.75, 3.05) is 18.6 Å². The topological polar surface area (TPSA) is 117 Å². The van der Waals surface area contributed by atoms with Gasteiger partial charge in [0.15, 0.2) is 5.82 Å². The lowest BCUT2D eigenvalue weighted by atomic mass is 10.1. The molecule has 0 radical (unpaired) electrons. The Morgan fingerprint density at radius 1 is 1.23 bits per heavy atom. The average Bonchev–Trinajstić information content (AvgIpc) is 3.63. The van der Waals surface area contributed by atoms with E-state index in [0.717, 1.165) is 30.6 Å². The Kier molecular flexibility index (Phi) is 5.04. The van der Waals surface area contributed by atoms with Crippen molar-refractivity contribution in [3.63, 3.8) is 0 Å². The molecule has 1 aliphatic heterocycles. The molecule has 0 aliphatic carbocycles. The van der Waals surface area contributed by atoms with E-state index in [1.165, 1.54) is 6.33 Å². The highest BCUT2D eigenvalue weighted by molar-refractivity contribution is 5.93. The molecule has 0 bridgehead atoms. The van der Waals surface area contributed by atoms with Crippen LogP contribution >= 0.6 is 0 Å². The van der Waals surface area contributed by atoms with Crippen molar-refractivity contribution in [3.8, 4) is 11.8 Å². The predicted octanol–water partition coefficient (Wildman–Crippen LogP) is 3.12. The Morgan fingerprint density at radius 2 is 2.09 bits per heavy atom. The van der Waals surface area contributed by atoms with Crippen LogP contribution in [0.15, 0.2) is 59.9 Å². The molecule has 10 nitrogen and oxygen atoms in total. The summed E-state index contributed by atoms with van der Waals surface area (Å²) in [6, 6.07) is 13.4. The van der Waals surface area contributed by atoms with Crippen molar-refractivity contribution >= 4 is 22.4 Å². The van der Waals surface area contributed by atoms with E-state index in [0.29, 0.717) is 40.4 Å². The fraction of sp³-hybridized carbons (Fsp3) is 0.240. The number of hydrogen-bond acceptors (Lipinski definition) is 7. The van der Waals surface area contributed by atoms with E-state index in [1.54, 1.807) is 28.6 Å². The summed E-state index contributed by atoms with van der Waals surface area (Å²) < 4.78 is 8.65. The largest absolute Gasteiger partial charge is 0.380 e. The van der Waals surface area contributed by atoms with Crippen LogP contribution < -0.4 is 10.5 Å². The van der Waals surface area contributed by atoms with Gasteiger partial charge in [-0.25, -0.2) is 14.5 Å². The molecule has 1 saturated heterocycles. The van der Waals surface area contributed by atoms with E-state index in [9.17, 15) is 10.1 Å². The number of methoxy groups -OCH3 is 1. The number of H-pyrrole nitrogens is 1. The number of aromatic nitrogens is 6. The van der Waals surface area contributed by atoms with Crippen LogP contribution in [-0.2, 0) is 11.3 Å². The standard InChI is InChI=1S/C25H22N8O2/c1-35-14-16-9-11-32-21(16)25(34)33(18-6-3-2-4-7-18)23(30-32)19-8-5-10-31(19)24-20-17(12-26)13-27-22(20)28-15-29-24/h2-4,6-7,9,11,13,15,19H,5,8,10,14H2,1H3,(H,27,28,29)/t19-/m0/s1. The minimum absolute atomic E-state index is 0.155. The number of nitrogens with one attached hydrogen (secondary N) is 1. The molecule has 174 valence electrons. The van der Waals surface area contributed by atoms with Crippen LogP contribution in [0.4, 0.5) is 5.82 Å². The van der Waals surface area contributed by atoms with Crippen LogP contribution in [-0.4, -0.2) is 42.8 Å². The number of nitrogens with zero attached hydrogens (tertiary/aromatic N) is 7. The molecule has 1 fully saturated rings. The zero-order valence-corrected chi connectivity index (χ0v) is 19.0. The lowest BCUT2D eigenvalue weighted by Gasteiger charge is -2.27. The molecule has 5 heterocycles. The van der Waals surface area contributed by atoms with Gasteiger partial charge in [0.05, 0.1) is 29.3 Å². The van der Waals surface area contributed by atoms with Crippen molar-refractivity contribution in [2.24, 2.45) is 0 Å². The Morgan fingerprint density at radius 3 is 2.89 bits per heavy atom. The van der Waals surface area contributed by atoms with Gasteiger partial charge in [0.25, 0.3) is 5.56 Å². The molecular formula is C25H22N8O2. The summed E-state index contributed by atoms with van der Waals surface area (Å²) in [5.74, 6) is 1.28. The summed E-state index contributed by atoms with van der Waals surface area (Å²) in [7, 11) is 1.61. The number of ether oxygens (including phenoxy) is 1. The lowest BCUT2D eigenvalue weighted by molar-refractivity contribution is 0.186. The Bertz CT molecular complexity index is 1640. The molecule has 35 heavy (non-hydrogen) atoms. The molecule has 0 unspecified atom stereocenters. The second kappa shape index (κ2) is 8.38. The van der Waals surface area contributed by atoms with Gasteiger partial charge >= 0.3 is 0 Å². The monoisotopic (exact) mass is 466 g/mol. The number of nitriles is 1. The van der Waals surface area contributed by atoms with E-state index in [2.05, 4.69) is 25.9 Å². The summed E-state index contributed by atoms with van der Waals surface area (Å²) in [6.07, 6.45) is 6.62. The van der Waals surface area contributed by atoms with Gasteiger partial charge < -0.3 is 14.6 Å². The first-order valence-corrected chi connectivity index (χ1v) is 11.4. The lowest BCUT2D eigenvalue weighted by Crippen LogP contribution is -2.33. The van der Waals surface area contributed by atoms with Crippen LogP contribution in [0.1, 0.15) is 35.8 Å². The fourth-order valence-electron chi connectivity index (χ4n) is 5.00. The third-order valence-corrected chi connectivity index (χ3v) is 6.50. The summed E-state index contributed by atoms with van der Waals surface area (Å²) >= 11 is 0. The molecule has 0 spiro atoms. The minimum Gasteiger partial charge on any atom is -0.380 e. The number of aromatic amines is 1. The van der Waals surface area contributed by atoms with Gasteiger partial charge in [0.1, 0.15) is 29.4 Å². The minimum atomic E-state index is -0.222. The summed E-state index contributed by atoms with van der Waals surface area (Å²) in [4.78, 5) is 28.0. The molecule has 1 atom stereocenters. The second-order valence-corrected chi connectivity index (χ2v) is 8.49. The van der Waals surface area contributed by atoms with Gasteiger partial charge in [-0.2, -0.15) is 10.4 Å². The van der Waals surface area contributed by atoms with Crippen LogP contribution in [0, 0.1) is 11.3 Å². The number of fused-ring (bicyclic) bond motifs is 2. The predicted molar refractivity (Wildman–Crippen MR) is 129 cm³/mol. The van der Waals surface area contributed by atoms with Crippen molar-refractivity contribution in [1.82, 2.24) is 29.1 Å². The normalized spacial score (nSPS) is 15.8. The maximum atomic E-state index is 13.9. The van der Waals surface area contributed by atoms with Gasteiger partial charge in [-0.1, -0.05) is 18.2 Å². The smallest absolute Gasteiger partial charge is 0.282 e. The Hall–Kier alpha value is -4.49. The highest BCUT2D eigenvalue weighted by atomic mass is 16.5. The van der Waals surface area contributed by atoms with Gasteiger partial charge in [-0.3, -0.25) is 9.36 Å². The van der Waals surface area contributed by atoms with Crippen LogP contribution in [0.5, 0.6) is 0 Å². The number of hydrogen-bond donors (Lipinski definition) is 1. The summed E-state index contributed by atoms with van der Waals surface area (Å²) in [5, 5.41) is 15.3. The van der Waals surface area contributed by atoms with Crippen LogP contribution in [0.2, 0.25) is 0 Å². The first-order valence-electron chi connectivity index (χ1n) is 11.4. The maximum Gasteiger partial charge on any atom is 0.282 e. The first-order chi connectivity index (χ1) is 17.2. The average molecular weight is 467 g/mol. The SMILES string of the molecule is COCc1ccn2nc([C@@H]3CCCN3c3ncnc4[nH]cc(C#N)c34)n(-c3ccccc3)c(=O)c12. The first kappa shape index (κ1) is 21.1. The molecule has 10 heteroatoms. The number of para-hydroxylation sites is 1. The highest BCUT2D eigenvalue weighted by Crippen LogP contribution is 2.38. The van der Waals surface area contributed by atoms with Crippen LogP contribution in [0.25, 0.3) is 22.2 Å². The fourth-order valence-corrected chi connectivity index (χ4v) is 5.00. The highest BCUT2D eigenvalue weighted by Gasteiger charge is 2.34. The van der Waals surface area contributed by atoms with E-state index < -0.39 is 0 Å². The number of anilines is 1. The zero-order valence-electron chi connectivity index (χ0n) is 19.0. The van der Waals surface area contributed by atoms with Gasteiger partial charge in [0, 0.05) is 31.6 Å². The van der Waals surface area contributed by atoms with E-state index in [4.69, 9.17) is 9.84 Å².